The third-order valence-electron chi connectivity index (χ3n) is 8.30. The number of carbonyl (C=O) groups excluding carboxylic acids is 1. The van der Waals surface area contributed by atoms with E-state index in [-0.39, 0.29) is 29.0 Å². The van der Waals surface area contributed by atoms with Crippen LogP contribution in [0.15, 0.2) is 24.3 Å². The predicted molar refractivity (Wildman–Crippen MR) is 109 cm³/mol. The van der Waals surface area contributed by atoms with Crippen molar-refractivity contribution in [3.63, 3.8) is 0 Å². The van der Waals surface area contributed by atoms with Gasteiger partial charge in [0.25, 0.3) is 0 Å². The van der Waals surface area contributed by atoms with Crippen LogP contribution in [0.25, 0.3) is 0 Å². The van der Waals surface area contributed by atoms with E-state index in [2.05, 4.69) is 24.4 Å². The summed E-state index contributed by atoms with van der Waals surface area (Å²) in [6.45, 7) is 5.17. The molecule has 5 nitrogen and oxygen atoms in total. The molecule has 6 atom stereocenters. The van der Waals surface area contributed by atoms with Gasteiger partial charge in [0.05, 0.1) is 32.4 Å². The van der Waals surface area contributed by atoms with Crippen molar-refractivity contribution < 1.29 is 24.3 Å². The zero-order valence-corrected chi connectivity index (χ0v) is 17.7. The van der Waals surface area contributed by atoms with Gasteiger partial charge in [0.1, 0.15) is 17.8 Å². The minimum atomic E-state index is 0.0358. The van der Waals surface area contributed by atoms with E-state index in [0.717, 1.165) is 44.7 Å². The Morgan fingerprint density at radius 1 is 1.24 bits per heavy atom. The number of epoxide rings is 1. The van der Waals surface area contributed by atoms with Crippen LogP contribution in [-0.2, 0) is 20.7 Å². The second-order valence-corrected chi connectivity index (χ2v) is 10.0. The summed E-state index contributed by atoms with van der Waals surface area (Å²) in [6.07, 6.45) is 6.96. The summed E-state index contributed by atoms with van der Waals surface area (Å²) in [5, 5.41) is 2.30. The van der Waals surface area contributed by atoms with Crippen molar-refractivity contribution in [1.82, 2.24) is 0 Å². The first kappa shape index (κ1) is 19.4. The van der Waals surface area contributed by atoms with E-state index in [1.807, 2.05) is 12.1 Å². The van der Waals surface area contributed by atoms with Crippen molar-refractivity contribution in [2.75, 3.05) is 26.8 Å². The molecule has 2 saturated heterocycles. The van der Waals surface area contributed by atoms with E-state index >= 15 is 0 Å². The van der Waals surface area contributed by atoms with Crippen molar-refractivity contribution >= 4 is 5.97 Å². The van der Waals surface area contributed by atoms with Gasteiger partial charge in [0.2, 0.25) is 0 Å². The number of hydrogen-bond donors (Lipinski definition) is 1. The Balaban J connectivity index is 1.18. The van der Waals surface area contributed by atoms with E-state index in [0.29, 0.717) is 11.8 Å². The maximum Gasteiger partial charge on any atom is 0.315 e. The fourth-order valence-corrected chi connectivity index (χ4v) is 6.58. The van der Waals surface area contributed by atoms with Crippen molar-refractivity contribution in [1.29, 1.82) is 0 Å². The number of esters is 1. The fourth-order valence-electron chi connectivity index (χ4n) is 6.58. The Bertz CT molecular complexity index is 759. The molecule has 158 valence electrons. The predicted octanol–water partition coefficient (Wildman–Crippen LogP) is 2.33. The van der Waals surface area contributed by atoms with Crippen LogP contribution < -0.4 is 10.1 Å². The number of rotatable bonds is 6. The smallest absolute Gasteiger partial charge is 0.315 e. The molecule has 5 heteroatoms. The van der Waals surface area contributed by atoms with Crippen LogP contribution in [0.5, 0.6) is 5.75 Å². The van der Waals surface area contributed by atoms with Crippen LogP contribution >= 0.6 is 0 Å². The molecule has 4 fully saturated rings. The largest absolute Gasteiger partial charge is 0.497 e. The van der Waals surface area contributed by atoms with Crippen LogP contribution in [0.4, 0.5) is 0 Å². The second-order valence-electron chi connectivity index (χ2n) is 10.0. The molecule has 29 heavy (non-hydrogen) atoms. The monoisotopic (exact) mass is 400 g/mol. The standard InChI is InChI=1S/C24H33NO4/c1-23-9-3-10-24(15-28-24)21(23)12-18-19(22(26)29-20(18)13-23)14-25-11-8-16-4-6-17(27-2)7-5-16/h4-7,18-21,25H,3,8-15H2,1-2H3/p+1/t18-,19-,20-,21+,23-,24+/m1/s1. The molecule has 0 amide bonds. The first-order valence-electron chi connectivity index (χ1n) is 11.3. The zero-order valence-electron chi connectivity index (χ0n) is 17.7. The first-order chi connectivity index (χ1) is 14.0. The van der Waals surface area contributed by atoms with Gasteiger partial charge in [-0.3, -0.25) is 4.79 Å². The highest BCUT2D eigenvalue weighted by Crippen LogP contribution is 2.62. The molecule has 0 radical (unpaired) electrons. The summed E-state index contributed by atoms with van der Waals surface area (Å²) in [5.74, 6) is 1.94. The SMILES string of the molecule is COc1ccc(CC[NH2+]C[C@H]2C(=O)O[C@@H]3C[C@@]4(C)CCC[C@]5(CO5)[C@H]4C[C@@H]32)cc1. The van der Waals surface area contributed by atoms with Crippen LogP contribution in [0.2, 0.25) is 0 Å². The topological polar surface area (TPSA) is 64.7 Å². The molecule has 0 bridgehead atoms. The molecule has 0 aromatic heterocycles. The average Bonchev–Trinajstić information content (AvgIpc) is 3.41. The molecule has 2 heterocycles. The molecule has 1 aromatic carbocycles. The normalized spacial score (nSPS) is 40.3. The molecule has 1 spiro atoms. The lowest BCUT2D eigenvalue weighted by Gasteiger charge is -2.51. The molecule has 0 unspecified atom stereocenters. The lowest BCUT2D eigenvalue weighted by molar-refractivity contribution is -0.658. The molecule has 1 aromatic rings. The first-order valence-corrected chi connectivity index (χ1v) is 11.3. The quantitative estimate of drug-likeness (QED) is 0.452. The number of fused-ring (bicyclic) bond motifs is 3. The van der Waals surface area contributed by atoms with Gasteiger partial charge in [0.15, 0.2) is 0 Å². The summed E-state index contributed by atoms with van der Waals surface area (Å²) in [7, 11) is 1.69. The highest BCUT2D eigenvalue weighted by atomic mass is 16.6. The maximum absolute atomic E-state index is 12.7. The van der Waals surface area contributed by atoms with Crippen LogP contribution in [0.3, 0.4) is 0 Å². The third kappa shape index (κ3) is 3.46. The minimum Gasteiger partial charge on any atom is -0.497 e. The van der Waals surface area contributed by atoms with Crippen LogP contribution in [0.1, 0.15) is 44.6 Å². The lowest BCUT2D eigenvalue weighted by Crippen LogP contribution is -2.86. The van der Waals surface area contributed by atoms with E-state index in [4.69, 9.17) is 14.2 Å². The van der Waals surface area contributed by atoms with Crippen LogP contribution in [0, 0.1) is 23.2 Å². The number of hydrogen-bond acceptors (Lipinski definition) is 4. The van der Waals surface area contributed by atoms with Gasteiger partial charge in [-0.15, -0.1) is 0 Å². The summed E-state index contributed by atoms with van der Waals surface area (Å²) in [4.78, 5) is 12.7. The average molecular weight is 401 g/mol. The van der Waals surface area contributed by atoms with Crippen molar-refractivity contribution in [2.45, 2.75) is 57.2 Å². The molecule has 4 aliphatic rings. The van der Waals surface area contributed by atoms with Crippen molar-refractivity contribution in [3.05, 3.63) is 29.8 Å². The number of benzene rings is 1. The number of nitrogens with two attached hydrogens (primary N) is 1. The zero-order chi connectivity index (χ0) is 20.1. The Labute approximate surface area is 173 Å². The lowest BCUT2D eigenvalue weighted by atomic mass is 9.53. The van der Waals surface area contributed by atoms with Crippen molar-refractivity contribution in [2.24, 2.45) is 23.2 Å². The van der Waals surface area contributed by atoms with Gasteiger partial charge in [0, 0.05) is 12.3 Å². The molecular formula is C24H34NO4+. The Kier molecular flexibility index (Phi) is 4.86. The van der Waals surface area contributed by atoms with Gasteiger partial charge in [-0.05, 0) is 61.1 Å². The van der Waals surface area contributed by atoms with Gasteiger partial charge < -0.3 is 19.5 Å². The molecule has 2 saturated carbocycles. The van der Waals surface area contributed by atoms with E-state index in [1.54, 1.807) is 7.11 Å². The van der Waals surface area contributed by atoms with E-state index < -0.39 is 0 Å². The van der Waals surface area contributed by atoms with Gasteiger partial charge >= 0.3 is 5.97 Å². The van der Waals surface area contributed by atoms with Gasteiger partial charge in [-0.2, -0.15) is 0 Å². The van der Waals surface area contributed by atoms with Gasteiger partial charge in [-0.1, -0.05) is 19.1 Å². The molecule has 2 N–H and O–H groups in total. The van der Waals surface area contributed by atoms with Gasteiger partial charge in [-0.25, -0.2) is 0 Å². The van der Waals surface area contributed by atoms with E-state index in [1.165, 1.54) is 24.8 Å². The highest BCUT2D eigenvalue weighted by molar-refractivity contribution is 5.75. The number of ether oxygens (including phenoxy) is 3. The Morgan fingerprint density at radius 2 is 2.03 bits per heavy atom. The van der Waals surface area contributed by atoms with E-state index in [9.17, 15) is 4.79 Å². The molecule has 5 rings (SSSR count). The Morgan fingerprint density at radius 3 is 2.76 bits per heavy atom. The number of quaternary nitrogens is 1. The highest BCUT2D eigenvalue weighted by Gasteiger charge is 2.65. The maximum atomic E-state index is 12.7. The second kappa shape index (κ2) is 7.28. The van der Waals surface area contributed by atoms with Crippen molar-refractivity contribution in [3.8, 4) is 5.75 Å². The molecule has 2 aliphatic carbocycles. The number of methoxy groups -OCH3 is 1. The summed E-state index contributed by atoms with van der Waals surface area (Å²) in [5.41, 5.74) is 1.72. The Hall–Kier alpha value is -1.59. The third-order valence-corrected chi connectivity index (χ3v) is 8.30. The summed E-state index contributed by atoms with van der Waals surface area (Å²) >= 11 is 0. The van der Waals surface area contributed by atoms with Crippen LogP contribution in [-0.4, -0.2) is 44.5 Å². The number of carbonyl (C=O) groups is 1. The minimum absolute atomic E-state index is 0.0358. The summed E-state index contributed by atoms with van der Waals surface area (Å²) in [6, 6.07) is 8.25. The fraction of sp³-hybridized carbons (Fsp3) is 0.708. The molecule has 2 aliphatic heterocycles. The molecular weight excluding hydrogens is 366 g/mol. The summed E-state index contributed by atoms with van der Waals surface area (Å²) < 4.78 is 17.1.